The lowest BCUT2D eigenvalue weighted by Gasteiger charge is -2.35. The summed E-state index contributed by atoms with van der Waals surface area (Å²) in [5, 5.41) is 11.7. The number of rotatable bonds is 6. The Morgan fingerprint density at radius 3 is 2.57 bits per heavy atom. The number of likely N-dealkylation sites (tertiary alicyclic amines) is 1. The molecular formula is C18H23N7O3. The first kappa shape index (κ1) is 19.5. The third kappa shape index (κ3) is 4.34. The molecule has 1 amide bonds. The molecule has 10 heteroatoms. The molecule has 0 saturated carbocycles. The molecule has 2 N–H and O–H groups in total. The van der Waals surface area contributed by atoms with Gasteiger partial charge < -0.3 is 9.80 Å². The molecular weight excluding hydrogens is 362 g/mol. The molecule has 1 aromatic heterocycles. The molecule has 0 bridgehead atoms. The Hall–Kier alpha value is -3.27. The van der Waals surface area contributed by atoms with Gasteiger partial charge in [-0.05, 0) is 45.1 Å². The summed E-state index contributed by atoms with van der Waals surface area (Å²) < 4.78 is 0. The van der Waals surface area contributed by atoms with Gasteiger partial charge >= 0.3 is 5.69 Å². The van der Waals surface area contributed by atoms with Crippen LogP contribution in [0.5, 0.6) is 0 Å². The maximum Gasteiger partial charge on any atom is 0.355 e. The van der Waals surface area contributed by atoms with Crippen LogP contribution in [0, 0.1) is 10.1 Å². The molecule has 10 nitrogen and oxygen atoms in total. The Balaban J connectivity index is 1.79. The van der Waals surface area contributed by atoms with Crippen molar-refractivity contribution < 1.29 is 9.72 Å². The van der Waals surface area contributed by atoms with E-state index in [1.165, 1.54) is 6.33 Å². The first-order valence-electron chi connectivity index (χ1n) is 8.99. The molecule has 1 saturated heterocycles. The fraction of sp³-hybridized carbons (Fsp3) is 0.389. The van der Waals surface area contributed by atoms with Gasteiger partial charge in [0.2, 0.25) is 11.6 Å². The second kappa shape index (κ2) is 8.61. The zero-order chi connectivity index (χ0) is 20.1. The third-order valence-corrected chi connectivity index (χ3v) is 4.89. The van der Waals surface area contributed by atoms with E-state index in [1.807, 2.05) is 4.90 Å². The summed E-state index contributed by atoms with van der Waals surface area (Å²) in [6.45, 7) is 1.85. The number of piperidine rings is 1. The molecule has 3 rings (SSSR count). The van der Waals surface area contributed by atoms with Gasteiger partial charge in [-0.15, -0.1) is 0 Å². The SMILES string of the molecule is CN1CCC(N(C)c2ncnc(NNC(=O)c3ccccc3)c2[N+](=O)[O-])CC1. The van der Waals surface area contributed by atoms with E-state index in [4.69, 9.17) is 0 Å². The Morgan fingerprint density at radius 2 is 1.93 bits per heavy atom. The molecule has 148 valence electrons. The van der Waals surface area contributed by atoms with Gasteiger partial charge in [-0.25, -0.2) is 9.97 Å². The molecule has 0 radical (unpaired) electrons. The van der Waals surface area contributed by atoms with Gasteiger partial charge in [-0.2, -0.15) is 0 Å². The number of nitrogens with one attached hydrogen (secondary N) is 2. The molecule has 1 aliphatic heterocycles. The van der Waals surface area contributed by atoms with Crippen LogP contribution in [0.1, 0.15) is 23.2 Å². The average Bonchev–Trinajstić information content (AvgIpc) is 2.72. The Morgan fingerprint density at radius 1 is 1.25 bits per heavy atom. The largest absolute Gasteiger partial charge is 0.355 e. The summed E-state index contributed by atoms with van der Waals surface area (Å²) in [7, 11) is 3.86. The van der Waals surface area contributed by atoms with E-state index in [0.717, 1.165) is 25.9 Å². The van der Waals surface area contributed by atoms with Crippen LogP contribution in [0.15, 0.2) is 36.7 Å². The van der Waals surface area contributed by atoms with Crippen molar-refractivity contribution in [2.45, 2.75) is 18.9 Å². The summed E-state index contributed by atoms with van der Waals surface area (Å²) in [4.78, 5) is 35.6. The second-order valence-corrected chi connectivity index (χ2v) is 6.74. The molecule has 1 aromatic carbocycles. The van der Waals surface area contributed by atoms with E-state index < -0.39 is 10.8 Å². The molecule has 2 aromatic rings. The fourth-order valence-corrected chi connectivity index (χ4v) is 3.22. The van der Waals surface area contributed by atoms with Crippen molar-refractivity contribution in [3.05, 3.63) is 52.3 Å². The van der Waals surface area contributed by atoms with Gasteiger partial charge in [0, 0.05) is 18.7 Å². The summed E-state index contributed by atoms with van der Waals surface area (Å²) in [5.41, 5.74) is 5.18. The zero-order valence-corrected chi connectivity index (χ0v) is 15.8. The summed E-state index contributed by atoms with van der Waals surface area (Å²) in [6.07, 6.45) is 3.04. The highest BCUT2D eigenvalue weighted by molar-refractivity contribution is 5.95. The molecule has 28 heavy (non-hydrogen) atoms. The normalized spacial score (nSPS) is 15.1. The molecule has 0 aliphatic carbocycles. The van der Waals surface area contributed by atoms with Crippen LogP contribution in [0.25, 0.3) is 0 Å². The number of nitrogens with zero attached hydrogens (tertiary/aromatic N) is 5. The fourth-order valence-electron chi connectivity index (χ4n) is 3.22. The molecule has 0 spiro atoms. The Kier molecular flexibility index (Phi) is 5.99. The van der Waals surface area contributed by atoms with E-state index in [1.54, 1.807) is 37.4 Å². The lowest BCUT2D eigenvalue weighted by Crippen LogP contribution is -2.42. The highest BCUT2D eigenvalue weighted by atomic mass is 16.6. The van der Waals surface area contributed by atoms with Crippen molar-refractivity contribution in [3.8, 4) is 0 Å². The van der Waals surface area contributed by atoms with E-state index in [0.29, 0.717) is 5.56 Å². The number of hydrazine groups is 1. The van der Waals surface area contributed by atoms with Crippen LogP contribution in [-0.2, 0) is 0 Å². The summed E-state index contributed by atoms with van der Waals surface area (Å²) >= 11 is 0. The predicted octanol–water partition coefficient (Wildman–Crippen LogP) is 1.67. The quantitative estimate of drug-likeness (QED) is 0.570. The van der Waals surface area contributed by atoms with Crippen molar-refractivity contribution in [2.75, 3.05) is 37.5 Å². The zero-order valence-electron chi connectivity index (χ0n) is 15.8. The van der Waals surface area contributed by atoms with Crippen molar-refractivity contribution in [3.63, 3.8) is 0 Å². The van der Waals surface area contributed by atoms with Crippen LogP contribution < -0.4 is 15.8 Å². The van der Waals surface area contributed by atoms with Crippen LogP contribution in [0.4, 0.5) is 17.3 Å². The smallest absolute Gasteiger partial charge is 0.351 e. The maximum atomic E-state index is 12.2. The number of benzene rings is 1. The Labute approximate surface area is 162 Å². The van der Waals surface area contributed by atoms with Crippen LogP contribution in [0.2, 0.25) is 0 Å². The number of anilines is 2. The van der Waals surface area contributed by atoms with Crippen LogP contribution >= 0.6 is 0 Å². The first-order chi connectivity index (χ1) is 13.5. The lowest BCUT2D eigenvalue weighted by molar-refractivity contribution is -0.383. The minimum Gasteiger partial charge on any atom is -0.351 e. The van der Waals surface area contributed by atoms with Crippen LogP contribution in [-0.4, -0.2) is 58.9 Å². The van der Waals surface area contributed by atoms with Crippen molar-refractivity contribution in [1.82, 2.24) is 20.3 Å². The van der Waals surface area contributed by atoms with Gasteiger partial charge in [0.25, 0.3) is 5.91 Å². The minimum absolute atomic E-state index is 0.0564. The van der Waals surface area contributed by atoms with Crippen molar-refractivity contribution in [2.24, 2.45) is 0 Å². The van der Waals surface area contributed by atoms with Crippen molar-refractivity contribution >= 4 is 23.2 Å². The summed E-state index contributed by atoms with van der Waals surface area (Å²) in [5.74, 6) is -0.246. The topological polar surface area (TPSA) is 117 Å². The number of carbonyl (C=O) groups is 1. The molecule has 1 aliphatic rings. The monoisotopic (exact) mass is 385 g/mol. The number of hydrogen-bond acceptors (Lipinski definition) is 8. The van der Waals surface area contributed by atoms with E-state index in [-0.39, 0.29) is 23.4 Å². The average molecular weight is 385 g/mol. The number of carbonyl (C=O) groups excluding carboxylic acids is 1. The second-order valence-electron chi connectivity index (χ2n) is 6.74. The predicted molar refractivity (Wildman–Crippen MR) is 105 cm³/mol. The van der Waals surface area contributed by atoms with E-state index in [9.17, 15) is 14.9 Å². The van der Waals surface area contributed by atoms with Gasteiger partial charge in [0.05, 0.1) is 4.92 Å². The Bertz CT molecular complexity index is 838. The highest BCUT2D eigenvalue weighted by Crippen LogP contribution is 2.33. The molecule has 0 atom stereocenters. The van der Waals surface area contributed by atoms with Crippen molar-refractivity contribution in [1.29, 1.82) is 0 Å². The van der Waals surface area contributed by atoms with Gasteiger partial charge in [0.15, 0.2) is 0 Å². The first-order valence-corrected chi connectivity index (χ1v) is 8.99. The standard InChI is InChI=1S/C18H23N7O3/c1-23-10-8-14(9-11-23)24(2)17-15(25(27)28)16(19-12-20-17)21-22-18(26)13-6-4-3-5-7-13/h3-7,12,14H,8-11H2,1-2H3,(H,22,26)(H,19,20,21). The molecule has 2 heterocycles. The highest BCUT2D eigenvalue weighted by Gasteiger charge is 2.30. The number of amides is 1. The van der Waals surface area contributed by atoms with E-state index >= 15 is 0 Å². The summed E-state index contributed by atoms with van der Waals surface area (Å²) in [6, 6.07) is 8.70. The minimum atomic E-state index is -0.530. The number of aromatic nitrogens is 2. The lowest BCUT2D eigenvalue weighted by atomic mass is 10.0. The number of hydrogen-bond donors (Lipinski definition) is 2. The maximum absolute atomic E-state index is 12.2. The third-order valence-electron chi connectivity index (χ3n) is 4.89. The van der Waals surface area contributed by atoms with Gasteiger partial charge in [-0.3, -0.25) is 25.8 Å². The van der Waals surface area contributed by atoms with Gasteiger partial charge in [0.1, 0.15) is 6.33 Å². The molecule has 1 fully saturated rings. The van der Waals surface area contributed by atoms with E-state index in [2.05, 4.69) is 32.8 Å². The van der Waals surface area contributed by atoms with Gasteiger partial charge in [-0.1, -0.05) is 18.2 Å². The number of nitro groups is 1. The van der Waals surface area contributed by atoms with Crippen LogP contribution in [0.3, 0.4) is 0 Å². The molecule has 0 unspecified atom stereocenters.